The van der Waals surface area contributed by atoms with Crippen LogP contribution in [0.25, 0.3) is 0 Å². The Labute approximate surface area is 102 Å². The van der Waals surface area contributed by atoms with E-state index in [-0.39, 0.29) is 30.8 Å². The fourth-order valence-corrected chi connectivity index (χ4v) is 2.09. The molecular formula is C9H20N4O3S. The summed E-state index contributed by atoms with van der Waals surface area (Å²) < 4.78 is 21.3. The minimum atomic E-state index is -3.51. The van der Waals surface area contributed by atoms with Gasteiger partial charge in [0.1, 0.15) is 0 Å². The summed E-state index contributed by atoms with van der Waals surface area (Å²) in [7, 11) is -3.51. The van der Waals surface area contributed by atoms with Crippen LogP contribution in [0.3, 0.4) is 0 Å². The maximum absolute atomic E-state index is 11.5. The third-order valence-corrected chi connectivity index (χ3v) is 3.48. The predicted molar refractivity (Wildman–Crippen MR) is 64.6 cm³/mol. The fraction of sp³-hybridized carbons (Fsp3) is 0.889. The molecule has 5 N–H and O–H groups in total. The largest absolute Gasteiger partial charge is 0.354 e. The number of nitrogens with one attached hydrogen (secondary N) is 1. The summed E-state index contributed by atoms with van der Waals surface area (Å²) in [4.78, 5) is 13.5. The van der Waals surface area contributed by atoms with Gasteiger partial charge in [0.25, 0.3) is 0 Å². The van der Waals surface area contributed by atoms with Crippen LogP contribution in [0, 0.1) is 0 Å². The molecule has 1 aliphatic rings. The SMILES string of the molecule is NC1CCN(CC(=O)NCCS(N)(=O)=O)CC1. The summed E-state index contributed by atoms with van der Waals surface area (Å²) in [6.45, 7) is 1.97. The van der Waals surface area contributed by atoms with Crippen molar-refractivity contribution in [2.24, 2.45) is 10.9 Å². The maximum atomic E-state index is 11.5. The highest BCUT2D eigenvalue weighted by Gasteiger charge is 2.18. The van der Waals surface area contributed by atoms with Gasteiger partial charge in [-0.1, -0.05) is 0 Å². The van der Waals surface area contributed by atoms with E-state index < -0.39 is 10.0 Å². The van der Waals surface area contributed by atoms with E-state index in [0.29, 0.717) is 0 Å². The average molecular weight is 264 g/mol. The summed E-state index contributed by atoms with van der Waals surface area (Å²) in [6, 6.07) is 0.233. The molecule has 0 unspecified atom stereocenters. The highest BCUT2D eigenvalue weighted by molar-refractivity contribution is 7.89. The second kappa shape index (κ2) is 6.29. The molecule has 1 heterocycles. The van der Waals surface area contributed by atoms with Gasteiger partial charge in [-0.3, -0.25) is 9.69 Å². The van der Waals surface area contributed by atoms with Gasteiger partial charge in [-0.05, 0) is 12.8 Å². The number of amides is 1. The Morgan fingerprint density at radius 1 is 1.35 bits per heavy atom. The van der Waals surface area contributed by atoms with Gasteiger partial charge in [0.2, 0.25) is 15.9 Å². The fourth-order valence-electron chi connectivity index (χ4n) is 1.70. The Morgan fingerprint density at radius 3 is 2.47 bits per heavy atom. The van der Waals surface area contributed by atoms with Gasteiger partial charge in [0.05, 0.1) is 12.3 Å². The first kappa shape index (κ1) is 14.4. The van der Waals surface area contributed by atoms with Crippen molar-refractivity contribution in [2.45, 2.75) is 18.9 Å². The molecule has 1 saturated heterocycles. The predicted octanol–water partition coefficient (Wildman–Crippen LogP) is -2.19. The zero-order chi connectivity index (χ0) is 12.9. The van der Waals surface area contributed by atoms with Gasteiger partial charge >= 0.3 is 0 Å². The molecule has 0 aromatic carbocycles. The van der Waals surface area contributed by atoms with E-state index >= 15 is 0 Å². The van der Waals surface area contributed by atoms with E-state index in [4.69, 9.17) is 10.9 Å². The van der Waals surface area contributed by atoms with Crippen LogP contribution < -0.4 is 16.2 Å². The molecule has 1 fully saturated rings. The molecule has 0 aliphatic carbocycles. The van der Waals surface area contributed by atoms with Crippen LogP contribution in [0.4, 0.5) is 0 Å². The van der Waals surface area contributed by atoms with E-state index in [1.54, 1.807) is 0 Å². The van der Waals surface area contributed by atoms with E-state index in [1.165, 1.54) is 0 Å². The summed E-state index contributed by atoms with van der Waals surface area (Å²) in [6.07, 6.45) is 1.79. The number of hydrogen-bond acceptors (Lipinski definition) is 5. The standard InChI is InChI=1S/C9H20N4O3S/c10-8-1-4-13(5-2-8)7-9(14)12-3-6-17(11,15)16/h8H,1-7,10H2,(H,12,14)(H2,11,15,16). The van der Waals surface area contributed by atoms with Crippen molar-refractivity contribution in [1.82, 2.24) is 10.2 Å². The van der Waals surface area contributed by atoms with Crippen molar-refractivity contribution in [3.63, 3.8) is 0 Å². The van der Waals surface area contributed by atoms with Crippen LogP contribution >= 0.6 is 0 Å². The number of rotatable bonds is 5. The van der Waals surface area contributed by atoms with Gasteiger partial charge < -0.3 is 11.1 Å². The summed E-state index contributed by atoms with van der Waals surface area (Å²) in [5, 5.41) is 7.34. The lowest BCUT2D eigenvalue weighted by Crippen LogP contribution is -2.45. The minimum Gasteiger partial charge on any atom is -0.354 e. The minimum absolute atomic E-state index is 0.0605. The topological polar surface area (TPSA) is 119 Å². The van der Waals surface area contributed by atoms with Crippen molar-refractivity contribution < 1.29 is 13.2 Å². The number of nitrogens with zero attached hydrogens (tertiary/aromatic N) is 1. The van der Waals surface area contributed by atoms with Crippen LogP contribution in [0.15, 0.2) is 0 Å². The third kappa shape index (κ3) is 6.57. The zero-order valence-corrected chi connectivity index (χ0v) is 10.6. The molecule has 1 rings (SSSR count). The molecule has 8 heteroatoms. The van der Waals surface area contributed by atoms with Gasteiger partial charge in [-0.2, -0.15) is 0 Å². The Kier molecular flexibility index (Phi) is 5.31. The number of nitrogens with two attached hydrogens (primary N) is 2. The van der Waals surface area contributed by atoms with Crippen molar-refractivity contribution in [1.29, 1.82) is 0 Å². The monoisotopic (exact) mass is 264 g/mol. The lowest BCUT2D eigenvalue weighted by molar-refractivity contribution is -0.122. The van der Waals surface area contributed by atoms with Crippen molar-refractivity contribution in [3.8, 4) is 0 Å². The molecule has 0 radical (unpaired) electrons. The molecule has 0 saturated carbocycles. The smallest absolute Gasteiger partial charge is 0.234 e. The third-order valence-electron chi connectivity index (χ3n) is 2.71. The highest BCUT2D eigenvalue weighted by atomic mass is 32.2. The van der Waals surface area contributed by atoms with Gasteiger partial charge in [0, 0.05) is 25.7 Å². The summed E-state index contributed by atoms with van der Waals surface area (Å²) in [5.41, 5.74) is 5.75. The zero-order valence-electron chi connectivity index (χ0n) is 9.76. The molecule has 0 bridgehead atoms. The van der Waals surface area contributed by atoms with Crippen LogP contribution in [-0.2, 0) is 14.8 Å². The Hall–Kier alpha value is -0.700. The molecule has 17 heavy (non-hydrogen) atoms. The maximum Gasteiger partial charge on any atom is 0.234 e. The molecule has 0 aromatic heterocycles. The number of hydrogen-bond donors (Lipinski definition) is 3. The van der Waals surface area contributed by atoms with Crippen molar-refractivity contribution in [2.75, 3.05) is 31.9 Å². The van der Waals surface area contributed by atoms with Crippen LogP contribution in [0.2, 0.25) is 0 Å². The van der Waals surface area contributed by atoms with Crippen LogP contribution in [-0.4, -0.2) is 57.2 Å². The van der Waals surface area contributed by atoms with Crippen molar-refractivity contribution in [3.05, 3.63) is 0 Å². The second-order valence-electron chi connectivity index (χ2n) is 4.33. The van der Waals surface area contributed by atoms with Gasteiger partial charge in [-0.15, -0.1) is 0 Å². The van der Waals surface area contributed by atoms with E-state index in [2.05, 4.69) is 5.32 Å². The quantitative estimate of drug-likeness (QED) is 0.521. The van der Waals surface area contributed by atoms with E-state index in [1.807, 2.05) is 4.90 Å². The average Bonchev–Trinajstić information content (AvgIpc) is 2.19. The molecule has 1 amide bonds. The number of sulfonamides is 1. The first-order valence-corrected chi connectivity index (χ1v) is 7.33. The summed E-state index contributed by atoms with van der Waals surface area (Å²) >= 11 is 0. The van der Waals surface area contributed by atoms with Crippen molar-refractivity contribution >= 4 is 15.9 Å². The second-order valence-corrected chi connectivity index (χ2v) is 6.06. The van der Waals surface area contributed by atoms with Gasteiger partial charge in [-0.25, -0.2) is 13.6 Å². The van der Waals surface area contributed by atoms with E-state index in [9.17, 15) is 13.2 Å². The number of primary sulfonamides is 1. The lowest BCUT2D eigenvalue weighted by atomic mass is 10.1. The van der Waals surface area contributed by atoms with Crippen LogP contribution in [0.5, 0.6) is 0 Å². The molecular weight excluding hydrogens is 244 g/mol. The Balaban J connectivity index is 2.17. The molecule has 7 nitrogen and oxygen atoms in total. The summed E-state index contributed by atoms with van der Waals surface area (Å²) in [5.74, 6) is -0.409. The van der Waals surface area contributed by atoms with Gasteiger partial charge in [0.15, 0.2) is 0 Å². The lowest BCUT2D eigenvalue weighted by Gasteiger charge is -2.29. The molecule has 0 spiro atoms. The molecule has 0 aromatic rings. The highest BCUT2D eigenvalue weighted by Crippen LogP contribution is 2.06. The first-order valence-electron chi connectivity index (χ1n) is 5.62. The first-order chi connectivity index (χ1) is 7.87. The number of carbonyl (C=O) groups excluding carboxylic acids is 1. The molecule has 0 atom stereocenters. The molecule has 100 valence electrons. The normalized spacial score (nSPS) is 19.2. The van der Waals surface area contributed by atoms with Crippen LogP contribution in [0.1, 0.15) is 12.8 Å². The number of carbonyl (C=O) groups is 1. The Morgan fingerprint density at radius 2 is 1.94 bits per heavy atom. The van der Waals surface area contributed by atoms with E-state index in [0.717, 1.165) is 25.9 Å². The molecule has 1 aliphatic heterocycles. The number of piperidine rings is 1. The number of likely N-dealkylation sites (tertiary alicyclic amines) is 1. The Bertz CT molecular complexity index is 349.